The zero-order valence-corrected chi connectivity index (χ0v) is 12.3. The minimum Gasteiger partial charge on any atom is -0.383 e. The smallest absolute Gasteiger partial charge is 0.383 e. The van der Waals surface area contributed by atoms with Gasteiger partial charge in [0.25, 0.3) is 0 Å². The van der Waals surface area contributed by atoms with Crippen LogP contribution in [0.15, 0.2) is 18.6 Å². The van der Waals surface area contributed by atoms with Gasteiger partial charge in [-0.15, -0.1) is 0 Å². The topological polar surface area (TPSA) is 93.4 Å². The predicted molar refractivity (Wildman–Crippen MR) is 78.4 cm³/mol. The lowest BCUT2D eigenvalue weighted by Gasteiger charge is -2.08. The Hall–Kier alpha value is -2.71. The van der Waals surface area contributed by atoms with Crippen LogP contribution in [0.3, 0.4) is 0 Å². The second kappa shape index (κ2) is 5.18. The van der Waals surface area contributed by atoms with Gasteiger partial charge in [0.1, 0.15) is 23.5 Å². The van der Waals surface area contributed by atoms with Gasteiger partial charge >= 0.3 is 6.18 Å². The van der Waals surface area contributed by atoms with E-state index in [-0.39, 0.29) is 23.1 Å². The van der Waals surface area contributed by atoms with E-state index in [4.69, 9.17) is 5.73 Å². The second-order valence-electron chi connectivity index (χ2n) is 5.36. The van der Waals surface area contributed by atoms with Gasteiger partial charge in [-0.25, -0.2) is 15.0 Å². The number of halogens is 3. The normalized spacial score (nSPS) is 12.3. The number of aromatic nitrogens is 5. The van der Waals surface area contributed by atoms with Crippen LogP contribution in [-0.4, -0.2) is 25.1 Å². The molecular weight excluding hydrogens is 309 g/mol. The first-order chi connectivity index (χ1) is 10.8. The number of H-pyrrole nitrogens is 1. The molecule has 0 amide bonds. The predicted octanol–water partition coefficient (Wildman–Crippen LogP) is 3.14. The summed E-state index contributed by atoms with van der Waals surface area (Å²) in [5.74, 6) is 0.329. The van der Waals surface area contributed by atoms with E-state index in [1.807, 2.05) is 13.8 Å². The van der Waals surface area contributed by atoms with Crippen molar-refractivity contribution in [3.05, 3.63) is 29.8 Å². The number of anilines is 1. The Morgan fingerprint density at radius 2 is 1.91 bits per heavy atom. The molecule has 0 saturated heterocycles. The van der Waals surface area contributed by atoms with Crippen molar-refractivity contribution < 1.29 is 13.2 Å². The minimum atomic E-state index is -4.56. The van der Waals surface area contributed by atoms with Crippen LogP contribution in [0.5, 0.6) is 0 Å². The first-order valence-corrected chi connectivity index (χ1v) is 6.81. The summed E-state index contributed by atoms with van der Waals surface area (Å²) in [4.78, 5) is 11.2. The minimum absolute atomic E-state index is 0.0352. The van der Waals surface area contributed by atoms with Crippen LogP contribution in [-0.2, 0) is 6.18 Å². The van der Waals surface area contributed by atoms with E-state index in [9.17, 15) is 13.2 Å². The van der Waals surface area contributed by atoms with Gasteiger partial charge in [0.2, 0.25) is 0 Å². The monoisotopic (exact) mass is 322 g/mol. The number of hydrogen-bond acceptors (Lipinski definition) is 5. The van der Waals surface area contributed by atoms with E-state index in [2.05, 4.69) is 25.1 Å². The van der Waals surface area contributed by atoms with Gasteiger partial charge in [-0.2, -0.15) is 18.3 Å². The number of hydrogen-bond donors (Lipinski definition) is 2. The Morgan fingerprint density at radius 3 is 2.57 bits per heavy atom. The maximum Gasteiger partial charge on any atom is 0.433 e. The molecule has 6 nitrogen and oxygen atoms in total. The SMILES string of the molecule is CC(C)c1cnc(N)c2c(-c3cc(C(F)(F)F)ncn3)n[nH]c12. The number of aromatic amines is 1. The van der Waals surface area contributed by atoms with Crippen molar-refractivity contribution in [2.75, 3.05) is 5.73 Å². The van der Waals surface area contributed by atoms with Crippen LogP contribution in [0.2, 0.25) is 0 Å². The van der Waals surface area contributed by atoms with Crippen molar-refractivity contribution in [3.8, 4) is 11.4 Å². The molecule has 3 aromatic heterocycles. The summed E-state index contributed by atoms with van der Waals surface area (Å²) in [7, 11) is 0. The van der Waals surface area contributed by atoms with Crippen molar-refractivity contribution in [1.29, 1.82) is 0 Å². The number of rotatable bonds is 2. The highest BCUT2D eigenvalue weighted by Gasteiger charge is 2.33. The molecule has 0 aliphatic rings. The van der Waals surface area contributed by atoms with Gasteiger partial charge < -0.3 is 5.73 Å². The largest absolute Gasteiger partial charge is 0.433 e. The summed E-state index contributed by atoms with van der Waals surface area (Å²) in [5.41, 5.74) is 6.64. The molecule has 0 aliphatic carbocycles. The van der Waals surface area contributed by atoms with Gasteiger partial charge in [-0.05, 0) is 17.5 Å². The number of pyridine rings is 1. The Kier molecular flexibility index (Phi) is 3.42. The summed E-state index contributed by atoms with van der Waals surface area (Å²) < 4.78 is 38.5. The number of nitrogens with one attached hydrogen (secondary N) is 1. The third-order valence-electron chi connectivity index (χ3n) is 3.48. The van der Waals surface area contributed by atoms with E-state index in [1.54, 1.807) is 6.20 Å². The third kappa shape index (κ3) is 2.58. The van der Waals surface area contributed by atoms with Crippen molar-refractivity contribution in [2.24, 2.45) is 0 Å². The molecular formula is C14H13F3N6. The molecule has 3 heterocycles. The first kappa shape index (κ1) is 15.2. The van der Waals surface area contributed by atoms with Crippen LogP contribution in [0.1, 0.15) is 31.0 Å². The van der Waals surface area contributed by atoms with Crippen LogP contribution in [0.25, 0.3) is 22.3 Å². The van der Waals surface area contributed by atoms with Crippen LogP contribution >= 0.6 is 0 Å². The summed E-state index contributed by atoms with van der Waals surface area (Å²) in [6, 6.07) is 0.844. The van der Waals surface area contributed by atoms with Crippen LogP contribution in [0.4, 0.5) is 19.0 Å². The number of alkyl halides is 3. The molecule has 0 atom stereocenters. The zero-order chi connectivity index (χ0) is 16.8. The van der Waals surface area contributed by atoms with E-state index >= 15 is 0 Å². The van der Waals surface area contributed by atoms with E-state index < -0.39 is 11.9 Å². The first-order valence-electron chi connectivity index (χ1n) is 6.81. The maximum absolute atomic E-state index is 12.8. The van der Waals surface area contributed by atoms with E-state index in [1.165, 1.54) is 0 Å². The molecule has 3 rings (SSSR count). The molecule has 23 heavy (non-hydrogen) atoms. The molecule has 0 bridgehead atoms. The number of nitrogens with zero attached hydrogens (tertiary/aromatic N) is 4. The van der Waals surface area contributed by atoms with E-state index in [0.29, 0.717) is 10.9 Å². The van der Waals surface area contributed by atoms with Crippen molar-refractivity contribution in [2.45, 2.75) is 25.9 Å². The molecule has 9 heteroatoms. The molecule has 0 radical (unpaired) electrons. The lowest BCUT2D eigenvalue weighted by atomic mass is 10.0. The summed E-state index contributed by atoms with van der Waals surface area (Å²) >= 11 is 0. The average molecular weight is 322 g/mol. The fourth-order valence-electron chi connectivity index (χ4n) is 2.33. The number of nitrogen functional groups attached to an aromatic ring is 1. The van der Waals surface area contributed by atoms with Crippen molar-refractivity contribution >= 4 is 16.7 Å². The Morgan fingerprint density at radius 1 is 1.17 bits per heavy atom. The zero-order valence-electron chi connectivity index (χ0n) is 12.3. The standard InChI is InChI=1S/C14H13F3N6/c1-6(2)7-4-19-13(18)10-11(7)22-23-12(10)8-3-9(14(15,16)17)21-5-20-8/h3-6H,1-2H3,(H2,18,19)(H,22,23). The third-order valence-corrected chi connectivity index (χ3v) is 3.48. The lowest BCUT2D eigenvalue weighted by Crippen LogP contribution is -2.08. The van der Waals surface area contributed by atoms with Gasteiger partial charge in [0.15, 0.2) is 0 Å². The highest BCUT2D eigenvalue weighted by molar-refractivity contribution is 6.00. The molecule has 0 aliphatic heterocycles. The van der Waals surface area contributed by atoms with Crippen LogP contribution < -0.4 is 5.73 Å². The second-order valence-corrected chi connectivity index (χ2v) is 5.36. The van der Waals surface area contributed by atoms with Gasteiger partial charge in [-0.1, -0.05) is 13.8 Å². The van der Waals surface area contributed by atoms with E-state index in [0.717, 1.165) is 18.0 Å². The molecule has 3 N–H and O–H groups in total. The van der Waals surface area contributed by atoms with Crippen LogP contribution in [0, 0.1) is 0 Å². The molecule has 3 aromatic rings. The molecule has 0 aromatic carbocycles. The molecule has 0 spiro atoms. The van der Waals surface area contributed by atoms with Crippen molar-refractivity contribution in [1.82, 2.24) is 25.1 Å². The average Bonchev–Trinajstić information content (AvgIpc) is 2.92. The van der Waals surface area contributed by atoms with Gasteiger partial charge in [-0.3, -0.25) is 5.10 Å². The lowest BCUT2D eigenvalue weighted by molar-refractivity contribution is -0.141. The molecule has 120 valence electrons. The van der Waals surface area contributed by atoms with Gasteiger partial charge in [0.05, 0.1) is 16.6 Å². The Bertz CT molecular complexity index is 869. The van der Waals surface area contributed by atoms with Gasteiger partial charge in [0, 0.05) is 6.20 Å². The maximum atomic E-state index is 12.8. The number of nitrogens with two attached hydrogens (primary N) is 1. The Balaban J connectivity index is 2.24. The summed E-state index contributed by atoms with van der Waals surface area (Å²) in [6.07, 6.45) is -2.07. The fraction of sp³-hybridized carbons (Fsp3) is 0.286. The summed E-state index contributed by atoms with van der Waals surface area (Å²) in [5, 5.41) is 7.38. The molecule has 0 saturated carbocycles. The summed E-state index contributed by atoms with van der Waals surface area (Å²) in [6.45, 7) is 3.94. The molecule has 0 fully saturated rings. The highest BCUT2D eigenvalue weighted by Crippen LogP contribution is 2.34. The quantitative estimate of drug-likeness (QED) is 0.756. The molecule has 0 unspecified atom stereocenters. The highest BCUT2D eigenvalue weighted by atomic mass is 19.4. The van der Waals surface area contributed by atoms with Crippen molar-refractivity contribution in [3.63, 3.8) is 0 Å². The number of fused-ring (bicyclic) bond motifs is 1. The fourth-order valence-corrected chi connectivity index (χ4v) is 2.33. The Labute approximate surface area is 129 Å².